The van der Waals surface area contributed by atoms with E-state index < -0.39 is 11.5 Å². The lowest BCUT2D eigenvalue weighted by Gasteiger charge is -2.14. The van der Waals surface area contributed by atoms with Crippen LogP contribution in [0.25, 0.3) is 10.6 Å². The zero-order valence-corrected chi connectivity index (χ0v) is 13.6. The van der Waals surface area contributed by atoms with Gasteiger partial charge in [-0.05, 0) is 30.5 Å². The van der Waals surface area contributed by atoms with Crippen LogP contribution in [0.2, 0.25) is 0 Å². The molecule has 0 saturated heterocycles. The van der Waals surface area contributed by atoms with Crippen molar-refractivity contribution < 1.29 is 9.90 Å². The Morgan fingerprint density at radius 3 is 2.79 bits per heavy atom. The van der Waals surface area contributed by atoms with Crippen LogP contribution in [0.5, 0.6) is 0 Å². The molecule has 3 aromatic rings. The lowest BCUT2D eigenvalue weighted by Crippen LogP contribution is -2.28. The van der Waals surface area contributed by atoms with Gasteiger partial charge in [0.15, 0.2) is 0 Å². The van der Waals surface area contributed by atoms with E-state index in [1.807, 2.05) is 11.4 Å². The predicted molar refractivity (Wildman–Crippen MR) is 92.0 cm³/mol. The molecule has 0 spiro atoms. The maximum absolute atomic E-state index is 12.6. The van der Waals surface area contributed by atoms with Crippen LogP contribution in [-0.4, -0.2) is 25.8 Å². The molecule has 0 aromatic carbocycles. The van der Waals surface area contributed by atoms with E-state index in [1.165, 1.54) is 22.2 Å². The first kappa shape index (κ1) is 15.9. The summed E-state index contributed by atoms with van der Waals surface area (Å²) < 4.78 is 1.25. The second-order valence-electron chi connectivity index (χ2n) is 4.87. The first-order valence-corrected chi connectivity index (χ1v) is 8.09. The van der Waals surface area contributed by atoms with Crippen LogP contribution in [0.3, 0.4) is 0 Å². The largest absolute Gasteiger partial charge is 0.478 e. The molecule has 24 heavy (non-hydrogen) atoms. The van der Waals surface area contributed by atoms with Gasteiger partial charge in [-0.3, -0.25) is 9.78 Å². The molecule has 122 valence electrons. The number of nitrogens with zero attached hydrogens (tertiary/aromatic N) is 3. The average Bonchev–Trinajstić information content (AvgIpc) is 3.11. The maximum Gasteiger partial charge on any atom is 0.340 e. The third-order valence-electron chi connectivity index (χ3n) is 3.35. The van der Waals surface area contributed by atoms with Crippen LogP contribution in [-0.2, 0) is 6.54 Å². The molecule has 0 amide bonds. The molecule has 7 nitrogen and oxygen atoms in total. The summed E-state index contributed by atoms with van der Waals surface area (Å²) in [5.74, 6) is -1.21. The lowest BCUT2D eigenvalue weighted by atomic mass is 10.1. The van der Waals surface area contributed by atoms with Crippen molar-refractivity contribution >= 4 is 28.7 Å². The highest BCUT2D eigenvalue weighted by atomic mass is 32.1. The summed E-state index contributed by atoms with van der Waals surface area (Å²) in [5.41, 5.74) is 0.152. The monoisotopic (exact) mass is 342 g/mol. The van der Waals surface area contributed by atoms with Crippen molar-refractivity contribution in [1.82, 2.24) is 14.8 Å². The fourth-order valence-electron chi connectivity index (χ4n) is 2.28. The van der Waals surface area contributed by atoms with Crippen LogP contribution in [0.1, 0.15) is 17.3 Å². The summed E-state index contributed by atoms with van der Waals surface area (Å²) in [6.45, 7) is 2.11. The van der Waals surface area contributed by atoms with E-state index in [1.54, 1.807) is 31.3 Å². The zero-order valence-electron chi connectivity index (χ0n) is 12.8. The topological polar surface area (TPSA) is 97.1 Å². The zero-order chi connectivity index (χ0) is 17.1. The molecule has 0 saturated carbocycles. The van der Waals surface area contributed by atoms with Crippen LogP contribution in [0, 0.1) is 0 Å². The highest BCUT2D eigenvalue weighted by Gasteiger charge is 2.24. The molecule has 0 bridgehead atoms. The Hall–Kier alpha value is -3.00. The van der Waals surface area contributed by atoms with E-state index in [-0.39, 0.29) is 16.9 Å². The third kappa shape index (κ3) is 2.91. The summed E-state index contributed by atoms with van der Waals surface area (Å²) in [4.78, 5) is 29.1. The van der Waals surface area contributed by atoms with Gasteiger partial charge in [-0.2, -0.15) is 5.10 Å². The Morgan fingerprint density at radius 2 is 2.21 bits per heavy atom. The second kappa shape index (κ2) is 6.63. The number of hydrogen-bond acceptors (Lipinski definition) is 6. The number of rotatable bonds is 5. The summed E-state index contributed by atoms with van der Waals surface area (Å²) in [5, 5.41) is 18.6. The third-order valence-corrected chi connectivity index (χ3v) is 4.23. The number of pyridine rings is 1. The standard InChI is InChI=1S/C16H14N4O3S/c1-2-20-15(21)14(18-10-5-3-7-17-9-10)12(16(22)23)13(19-20)11-6-4-8-24-11/h3-9,18H,2H2,1H3,(H,22,23). The number of hydrogen-bond donors (Lipinski definition) is 2. The Morgan fingerprint density at radius 1 is 1.38 bits per heavy atom. The fraction of sp³-hybridized carbons (Fsp3) is 0.125. The molecule has 0 fully saturated rings. The molecular weight excluding hydrogens is 328 g/mol. The summed E-state index contributed by atoms with van der Waals surface area (Å²) >= 11 is 1.37. The van der Waals surface area contributed by atoms with Gasteiger partial charge in [-0.15, -0.1) is 11.3 Å². The van der Waals surface area contributed by atoms with Crippen molar-refractivity contribution in [2.75, 3.05) is 5.32 Å². The van der Waals surface area contributed by atoms with E-state index in [4.69, 9.17) is 0 Å². The van der Waals surface area contributed by atoms with Crippen molar-refractivity contribution in [2.45, 2.75) is 13.5 Å². The van der Waals surface area contributed by atoms with Gasteiger partial charge in [0.25, 0.3) is 5.56 Å². The van der Waals surface area contributed by atoms with Gasteiger partial charge in [-0.1, -0.05) is 6.07 Å². The predicted octanol–water partition coefficient (Wildman–Crippen LogP) is 2.83. The van der Waals surface area contributed by atoms with E-state index >= 15 is 0 Å². The molecule has 0 unspecified atom stereocenters. The van der Waals surface area contributed by atoms with Crippen molar-refractivity contribution in [2.24, 2.45) is 0 Å². The Bertz CT molecular complexity index is 920. The molecule has 0 aliphatic carbocycles. The Kier molecular flexibility index (Phi) is 4.39. The minimum absolute atomic E-state index is 0.0178. The average molecular weight is 342 g/mol. The number of nitrogens with one attached hydrogen (secondary N) is 1. The molecule has 3 aromatic heterocycles. The van der Waals surface area contributed by atoms with Crippen LogP contribution in [0.4, 0.5) is 11.4 Å². The minimum Gasteiger partial charge on any atom is -0.478 e. The molecule has 0 aliphatic heterocycles. The Balaban J connectivity index is 2.27. The molecule has 2 N–H and O–H groups in total. The van der Waals surface area contributed by atoms with Crippen molar-refractivity contribution in [1.29, 1.82) is 0 Å². The number of carboxylic acid groups (broad SMARTS) is 1. The normalized spacial score (nSPS) is 10.5. The molecule has 0 radical (unpaired) electrons. The van der Waals surface area contributed by atoms with E-state index in [2.05, 4.69) is 15.4 Å². The number of thiophene rings is 1. The number of aromatic nitrogens is 3. The minimum atomic E-state index is -1.21. The molecule has 3 heterocycles. The number of anilines is 2. The lowest BCUT2D eigenvalue weighted by molar-refractivity contribution is 0.0698. The van der Waals surface area contributed by atoms with E-state index in [0.29, 0.717) is 17.1 Å². The van der Waals surface area contributed by atoms with Crippen molar-refractivity contribution in [3.05, 3.63) is 58.0 Å². The van der Waals surface area contributed by atoms with Crippen LogP contribution < -0.4 is 10.9 Å². The van der Waals surface area contributed by atoms with Crippen molar-refractivity contribution in [3.8, 4) is 10.6 Å². The summed E-state index contributed by atoms with van der Waals surface area (Å²) in [6.07, 6.45) is 3.11. The van der Waals surface area contributed by atoms with Crippen molar-refractivity contribution in [3.63, 3.8) is 0 Å². The van der Waals surface area contributed by atoms with Gasteiger partial charge in [0.1, 0.15) is 16.9 Å². The number of aryl methyl sites for hydroxylation is 1. The smallest absolute Gasteiger partial charge is 0.340 e. The van der Waals surface area contributed by atoms with Crippen LogP contribution in [0.15, 0.2) is 46.8 Å². The van der Waals surface area contributed by atoms with Gasteiger partial charge in [-0.25, -0.2) is 9.48 Å². The van der Waals surface area contributed by atoms with Crippen LogP contribution >= 0.6 is 11.3 Å². The van der Waals surface area contributed by atoms with Gasteiger partial charge >= 0.3 is 5.97 Å². The molecule has 3 rings (SSSR count). The number of carbonyl (C=O) groups is 1. The number of aromatic carboxylic acids is 1. The van der Waals surface area contributed by atoms with Gasteiger partial charge in [0.2, 0.25) is 0 Å². The highest BCUT2D eigenvalue weighted by molar-refractivity contribution is 7.13. The van der Waals surface area contributed by atoms with Gasteiger partial charge in [0.05, 0.1) is 16.8 Å². The maximum atomic E-state index is 12.6. The first-order chi connectivity index (χ1) is 11.6. The SMILES string of the molecule is CCn1nc(-c2cccs2)c(C(=O)O)c(Nc2cccnc2)c1=O. The molecular formula is C16H14N4O3S. The molecule has 0 aliphatic rings. The fourth-order valence-corrected chi connectivity index (χ4v) is 2.99. The second-order valence-corrected chi connectivity index (χ2v) is 5.82. The summed E-state index contributed by atoms with van der Waals surface area (Å²) in [6, 6.07) is 6.99. The van der Waals surface area contributed by atoms with E-state index in [0.717, 1.165) is 0 Å². The van der Waals surface area contributed by atoms with Gasteiger partial charge < -0.3 is 10.4 Å². The van der Waals surface area contributed by atoms with E-state index in [9.17, 15) is 14.7 Å². The van der Waals surface area contributed by atoms with Gasteiger partial charge in [0, 0.05) is 12.7 Å². The first-order valence-electron chi connectivity index (χ1n) is 7.21. The molecule has 8 heteroatoms. The quantitative estimate of drug-likeness (QED) is 0.740. The Labute approximate surface area is 141 Å². The molecule has 0 atom stereocenters. The number of carboxylic acids is 1. The highest BCUT2D eigenvalue weighted by Crippen LogP contribution is 2.29. The summed E-state index contributed by atoms with van der Waals surface area (Å²) in [7, 11) is 0.